The van der Waals surface area contributed by atoms with E-state index < -0.39 is 24.1 Å². The van der Waals surface area contributed by atoms with Gasteiger partial charge >= 0.3 is 18.0 Å². The molecule has 2 amide bonds. The predicted octanol–water partition coefficient (Wildman–Crippen LogP) is -0.0620. The van der Waals surface area contributed by atoms with Crippen LogP contribution in [0.15, 0.2) is 0 Å². The second-order valence-corrected chi connectivity index (χ2v) is 4.27. The van der Waals surface area contributed by atoms with Crippen molar-refractivity contribution in [1.82, 2.24) is 0 Å². The lowest BCUT2D eigenvalue weighted by Crippen LogP contribution is -2.53. The van der Waals surface area contributed by atoms with Crippen molar-refractivity contribution in [3.05, 3.63) is 0 Å². The largest absolute Gasteiger partial charge is 0.481 e. The Morgan fingerprint density at radius 3 is 2.24 bits per heavy atom. The Labute approximate surface area is 99.7 Å². The molecule has 1 unspecified atom stereocenters. The molecule has 0 radical (unpaired) electrons. The number of ether oxygens (including phenoxy) is 1. The number of quaternary nitrogens is 1. The maximum Gasteiger partial charge on any atom is 0.413 e. The molecule has 7 heteroatoms. The fourth-order valence-electron chi connectivity index (χ4n) is 1.21. The normalized spacial score (nSPS) is 12.9. The number of rotatable bonds is 6. The average Bonchev–Trinajstić information content (AvgIpc) is 2.15. The van der Waals surface area contributed by atoms with Crippen LogP contribution in [0.3, 0.4) is 0 Å². The molecular weight excluding hydrogens is 228 g/mol. The van der Waals surface area contributed by atoms with Gasteiger partial charge in [0.2, 0.25) is 0 Å². The molecule has 17 heavy (non-hydrogen) atoms. The van der Waals surface area contributed by atoms with Crippen molar-refractivity contribution in [3.8, 4) is 0 Å². The van der Waals surface area contributed by atoms with Gasteiger partial charge in [0, 0.05) is 6.42 Å². The zero-order valence-electron chi connectivity index (χ0n) is 10.3. The maximum absolute atomic E-state index is 11.1. The van der Waals surface area contributed by atoms with Gasteiger partial charge in [-0.05, 0) is 0 Å². The first-order valence-corrected chi connectivity index (χ1v) is 5.23. The third-order valence-corrected chi connectivity index (χ3v) is 2.25. The molecular formula is C10H19N2O5+. The number of nitrogens with two attached hydrogens (primary N) is 1. The Hall–Kier alpha value is -1.63. The van der Waals surface area contributed by atoms with Crippen LogP contribution in [-0.4, -0.2) is 54.3 Å². The van der Waals surface area contributed by atoms with E-state index in [1.165, 1.54) is 14.1 Å². The third-order valence-electron chi connectivity index (χ3n) is 2.25. The first-order valence-electron chi connectivity index (χ1n) is 5.23. The summed E-state index contributed by atoms with van der Waals surface area (Å²) in [4.78, 5) is 32.8. The first kappa shape index (κ1) is 15.4. The molecule has 0 aromatic carbocycles. The van der Waals surface area contributed by atoms with Gasteiger partial charge in [0.05, 0.1) is 20.5 Å². The Kier molecular flexibility index (Phi) is 5.60. The van der Waals surface area contributed by atoms with Crippen LogP contribution in [0.4, 0.5) is 4.79 Å². The zero-order valence-corrected chi connectivity index (χ0v) is 10.3. The van der Waals surface area contributed by atoms with Crippen LogP contribution in [0.25, 0.3) is 0 Å². The zero-order chi connectivity index (χ0) is 13.6. The van der Waals surface area contributed by atoms with Gasteiger partial charge < -0.3 is 15.6 Å². The van der Waals surface area contributed by atoms with E-state index >= 15 is 0 Å². The summed E-state index contributed by atoms with van der Waals surface area (Å²) in [5, 5.41) is 8.69. The molecule has 3 N–H and O–H groups in total. The van der Waals surface area contributed by atoms with Gasteiger partial charge in [-0.25, -0.2) is 9.28 Å². The van der Waals surface area contributed by atoms with Gasteiger partial charge in [-0.2, -0.15) is 0 Å². The van der Waals surface area contributed by atoms with Crippen molar-refractivity contribution in [3.63, 3.8) is 0 Å². The number of hydrogen-bond acceptors (Lipinski definition) is 4. The van der Waals surface area contributed by atoms with E-state index in [0.29, 0.717) is 0 Å². The summed E-state index contributed by atoms with van der Waals surface area (Å²) in [7, 11) is 3.05. The fraction of sp³-hybridized carbons (Fsp3) is 0.700. The van der Waals surface area contributed by atoms with E-state index in [1.54, 1.807) is 6.92 Å². The first-order chi connectivity index (χ1) is 7.69. The van der Waals surface area contributed by atoms with Crippen molar-refractivity contribution in [1.29, 1.82) is 0 Å². The van der Waals surface area contributed by atoms with Crippen LogP contribution in [0.2, 0.25) is 0 Å². The SMILES string of the molecule is CCC(=O)OC(CC(=O)O)C[N+](C)(C)C(N)=O. The number of primary amides is 1. The van der Waals surface area contributed by atoms with Gasteiger partial charge in [0.25, 0.3) is 0 Å². The molecule has 0 rings (SSSR count). The highest BCUT2D eigenvalue weighted by Gasteiger charge is 2.31. The number of urea groups is 1. The number of amides is 2. The smallest absolute Gasteiger partial charge is 0.413 e. The van der Waals surface area contributed by atoms with Gasteiger partial charge in [0.1, 0.15) is 6.54 Å². The second kappa shape index (κ2) is 6.19. The molecule has 0 heterocycles. The summed E-state index contributed by atoms with van der Waals surface area (Å²) in [5.74, 6) is -1.59. The Bertz CT molecular complexity index is 314. The minimum atomic E-state index is -1.09. The third kappa shape index (κ3) is 5.86. The van der Waals surface area contributed by atoms with Gasteiger partial charge in [0.15, 0.2) is 6.10 Å². The molecule has 0 aromatic heterocycles. The topological polar surface area (TPSA) is 107 Å². The van der Waals surface area contributed by atoms with E-state index in [9.17, 15) is 14.4 Å². The van der Waals surface area contributed by atoms with E-state index in [-0.39, 0.29) is 23.9 Å². The summed E-state index contributed by atoms with van der Waals surface area (Å²) in [6, 6.07) is -0.618. The lowest BCUT2D eigenvalue weighted by molar-refractivity contribution is -0.811. The highest BCUT2D eigenvalue weighted by molar-refractivity contribution is 5.71. The molecule has 0 aliphatic rings. The molecule has 0 saturated carbocycles. The molecule has 1 atom stereocenters. The summed E-state index contributed by atoms with van der Waals surface area (Å²) in [6.45, 7) is 1.64. The van der Waals surface area contributed by atoms with Gasteiger partial charge in [-0.15, -0.1) is 0 Å². The van der Waals surface area contributed by atoms with Crippen LogP contribution in [0.5, 0.6) is 0 Å². The van der Waals surface area contributed by atoms with Crippen molar-refractivity contribution in [2.75, 3.05) is 20.6 Å². The van der Waals surface area contributed by atoms with Crippen LogP contribution in [0, 0.1) is 0 Å². The van der Waals surface area contributed by atoms with Crippen LogP contribution in [0.1, 0.15) is 19.8 Å². The van der Waals surface area contributed by atoms with Crippen LogP contribution >= 0.6 is 0 Å². The van der Waals surface area contributed by atoms with E-state index in [4.69, 9.17) is 15.6 Å². The minimum absolute atomic E-state index is 0.0351. The highest BCUT2D eigenvalue weighted by atomic mass is 16.5. The van der Waals surface area contributed by atoms with Crippen molar-refractivity contribution >= 4 is 18.0 Å². The average molecular weight is 247 g/mol. The molecule has 0 aromatic rings. The van der Waals surface area contributed by atoms with E-state index in [0.717, 1.165) is 0 Å². The number of carboxylic acids is 1. The molecule has 0 bridgehead atoms. The maximum atomic E-state index is 11.1. The molecule has 7 nitrogen and oxygen atoms in total. The Morgan fingerprint density at radius 2 is 1.88 bits per heavy atom. The minimum Gasteiger partial charge on any atom is -0.481 e. The molecule has 0 saturated heterocycles. The van der Waals surface area contributed by atoms with E-state index in [1.807, 2.05) is 0 Å². The number of aliphatic carboxylic acids is 1. The number of carboxylic acid groups (broad SMARTS) is 1. The monoisotopic (exact) mass is 247 g/mol. The van der Waals surface area contributed by atoms with Crippen molar-refractivity contribution < 1.29 is 28.7 Å². The number of nitrogens with zero attached hydrogens (tertiary/aromatic N) is 1. The Morgan fingerprint density at radius 1 is 1.35 bits per heavy atom. The summed E-state index contributed by atoms with van der Waals surface area (Å²) < 4.78 is 4.71. The number of esters is 1. The second-order valence-electron chi connectivity index (χ2n) is 4.27. The molecule has 0 spiro atoms. The number of hydrogen-bond donors (Lipinski definition) is 2. The fourth-order valence-corrected chi connectivity index (χ4v) is 1.21. The summed E-state index contributed by atoms with van der Waals surface area (Å²) in [5.41, 5.74) is 5.16. The number of carbonyl (C=O) groups is 3. The lowest BCUT2D eigenvalue weighted by Gasteiger charge is -2.28. The summed E-state index contributed by atoms with van der Waals surface area (Å²) in [6.07, 6.45) is -1.05. The number of likely N-dealkylation sites (N-methyl/N-ethyl adjacent to an activating group) is 1. The molecule has 0 aliphatic carbocycles. The van der Waals surface area contributed by atoms with Crippen molar-refractivity contribution in [2.24, 2.45) is 5.73 Å². The quantitative estimate of drug-likeness (QED) is 0.505. The van der Waals surface area contributed by atoms with Crippen molar-refractivity contribution in [2.45, 2.75) is 25.9 Å². The highest BCUT2D eigenvalue weighted by Crippen LogP contribution is 2.08. The Balaban J connectivity index is 4.64. The molecule has 0 fully saturated rings. The van der Waals surface area contributed by atoms with E-state index in [2.05, 4.69) is 0 Å². The standard InChI is InChI=1S/C10H18N2O5/c1-4-9(15)17-7(5-8(13)14)6-12(2,3)10(11)16/h7H,4-6H2,1-3H3,(H2-,11,13,14,16)/p+1. The lowest BCUT2D eigenvalue weighted by atomic mass is 10.2. The number of carbonyl (C=O) groups excluding carboxylic acids is 2. The molecule has 0 aliphatic heterocycles. The predicted molar refractivity (Wildman–Crippen MR) is 59.0 cm³/mol. The van der Waals surface area contributed by atoms with Crippen LogP contribution in [-0.2, 0) is 14.3 Å². The molecule has 98 valence electrons. The van der Waals surface area contributed by atoms with Gasteiger partial charge in [-0.1, -0.05) is 6.92 Å². The van der Waals surface area contributed by atoms with Gasteiger partial charge in [-0.3, -0.25) is 9.59 Å². The summed E-state index contributed by atoms with van der Waals surface area (Å²) >= 11 is 0. The van der Waals surface area contributed by atoms with Crippen LogP contribution < -0.4 is 5.73 Å².